The summed E-state index contributed by atoms with van der Waals surface area (Å²) >= 11 is 0. The molecule has 4 N–H and O–H groups in total. The molecule has 196 valence electrons. The van der Waals surface area contributed by atoms with Crippen LogP contribution < -0.4 is 21.3 Å². The molecule has 0 aromatic rings. The van der Waals surface area contributed by atoms with Gasteiger partial charge in [0.2, 0.25) is 23.6 Å². The lowest BCUT2D eigenvalue weighted by Crippen LogP contribution is -2.58. The topological polar surface area (TPSA) is 144 Å². The van der Waals surface area contributed by atoms with E-state index in [2.05, 4.69) is 47.6 Å². The Morgan fingerprint density at radius 3 is 1.40 bits per heavy atom. The zero-order chi connectivity index (χ0) is 26.4. The van der Waals surface area contributed by atoms with Crippen LogP contribution in [0.2, 0.25) is 0 Å². The van der Waals surface area contributed by atoms with Crippen LogP contribution in [0.1, 0.15) is 12.8 Å². The van der Waals surface area contributed by atoms with Crippen LogP contribution in [0.5, 0.6) is 0 Å². The summed E-state index contributed by atoms with van der Waals surface area (Å²) in [5.41, 5.74) is -1.05. The third-order valence-electron chi connectivity index (χ3n) is 4.37. The maximum absolute atomic E-state index is 12.1. The molecule has 11 nitrogen and oxygen atoms in total. The molecule has 0 unspecified atom stereocenters. The summed E-state index contributed by atoms with van der Waals surface area (Å²) in [5, 5.41) is 10.7. The molecular weight excluding hydrogens is 456 g/mol. The van der Waals surface area contributed by atoms with Crippen molar-refractivity contribution >= 4 is 23.6 Å². The number of hydrogen-bond acceptors (Lipinski definition) is 7. The number of ether oxygens (including phenoxy) is 3. The molecule has 0 aliphatic heterocycles. The first-order valence-corrected chi connectivity index (χ1v) is 11.2. The standard InChI is InChI=1S/C24H38N4O7/c1-5-20(29)25-11-9-10-14-33-17-24(28-23(32)8-4,18-34-15-12-26-21(30)6-2)19-35-16-13-27-22(31)7-3/h5-8H,1-4,9-19H2,(H,25,29)(H,26,30)(H,27,31)(H,28,32). The lowest BCUT2D eigenvalue weighted by atomic mass is 10.0. The summed E-state index contributed by atoms with van der Waals surface area (Å²) in [6, 6.07) is 0. The minimum absolute atomic E-state index is 0.0327. The quantitative estimate of drug-likeness (QED) is 0.120. The average Bonchev–Trinajstić information content (AvgIpc) is 2.86. The highest BCUT2D eigenvalue weighted by atomic mass is 16.5. The zero-order valence-corrected chi connectivity index (χ0v) is 20.3. The monoisotopic (exact) mass is 494 g/mol. The molecule has 0 aromatic heterocycles. The summed E-state index contributed by atoms with van der Waals surface area (Å²) in [6.07, 6.45) is 6.02. The van der Waals surface area contributed by atoms with Gasteiger partial charge in [-0.2, -0.15) is 0 Å². The van der Waals surface area contributed by atoms with Crippen molar-refractivity contribution in [2.75, 3.05) is 59.3 Å². The van der Waals surface area contributed by atoms with Gasteiger partial charge < -0.3 is 35.5 Å². The van der Waals surface area contributed by atoms with Crippen molar-refractivity contribution in [1.29, 1.82) is 0 Å². The fourth-order valence-electron chi connectivity index (χ4n) is 2.60. The second-order valence-electron chi connectivity index (χ2n) is 7.32. The van der Waals surface area contributed by atoms with Crippen LogP contribution in [-0.2, 0) is 33.4 Å². The van der Waals surface area contributed by atoms with Gasteiger partial charge in [-0.1, -0.05) is 26.3 Å². The van der Waals surface area contributed by atoms with Gasteiger partial charge in [-0.15, -0.1) is 0 Å². The van der Waals surface area contributed by atoms with Gasteiger partial charge in [-0.05, 0) is 37.1 Å². The maximum atomic E-state index is 12.1. The predicted octanol–water partition coefficient (Wildman–Crippen LogP) is -0.236. The SMILES string of the molecule is C=CC(=O)NCCCCOCC(COCCNC(=O)C=C)(COCCNC(=O)C=C)NC(=O)C=C. The first-order chi connectivity index (χ1) is 16.8. The van der Waals surface area contributed by atoms with E-state index in [1.54, 1.807) is 0 Å². The van der Waals surface area contributed by atoms with Gasteiger partial charge in [0, 0.05) is 26.2 Å². The Hall–Kier alpha value is -3.28. The normalized spacial score (nSPS) is 10.5. The molecule has 4 amide bonds. The van der Waals surface area contributed by atoms with Crippen LogP contribution in [0.25, 0.3) is 0 Å². The highest BCUT2D eigenvalue weighted by Crippen LogP contribution is 2.10. The van der Waals surface area contributed by atoms with Crippen LogP contribution in [0, 0.1) is 0 Å². The molecule has 0 saturated heterocycles. The fourth-order valence-corrected chi connectivity index (χ4v) is 2.60. The Morgan fingerprint density at radius 2 is 0.971 bits per heavy atom. The minimum atomic E-state index is -1.05. The number of carbonyl (C=O) groups is 4. The van der Waals surface area contributed by atoms with Gasteiger partial charge in [-0.3, -0.25) is 19.2 Å². The van der Waals surface area contributed by atoms with Crippen molar-refractivity contribution in [3.05, 3.63) is 50.6 Å². The van der Waals surface area contributed by atoms with Crippen molar-refractivity contribution in [3.63, 3.8) is 0 Å². The first kappa shape index (κ1) is 31.7. The molecule has 0 aliphatic rings. The van der Waals surface area contributed by atoms with Crippen LogP contribution in [-0.4, -0.2) is 88.4 Å². The Morgan fingerprint density at radius 1 is 0.571 bits per heavy atom. The summed E-state index contributed by atoms with van der Waals surface area (Å²) in [4.78, 5) is 45.9. The molecule has 0 aliphatic carbocycles. The van der Waals surface area contributed by atoms with Crippen molar-refractivity contribution in [3.8, 4) is 0 Å². The van der Waals surface area contributed by atoms with E-state index >= 15 is 0 Å². The van der Waals surface area contributed by atoms with E-state index in [9.17, 15) is 19.2 Å². The molecule has 35 heavy (non-hydrogen) atoms. The van der Waals surface area contributed by atoms with E-state index in [1.807, 2.05) is 0 Å². The van der Waals surface area contributed by atoms with Crippen molar-refractivity contribution in [1.82, 2.24) is 21.3 Å². The van der Waals surface area contributed by atoms with Crippen LogP contribution in [0.15, 0.2) is 50.6 Å². The lowest BCUT2D eigenvalue weighted by molar-refractivity contribution is -0.123. The van der Waals surface area contributed by atoms with Gasteiger partial charge in [0.05, 0.1) is 33.0 Å². The third kappa shape index (κ3) is 16.9. The van der Waals surface area contributed by atoms with E-state index in [-0.39, 0.29) is 63.8 Å². The Kier molecular flexibility index (Phi) is 18.2. The highest BCUT2D eigenvalue weighted by molar-refractivity contribution is 5.88. The van der Waals surface area contributed by atoms with E-state index in [1.165, 1.54) is 6.08 Å². The molecule has 0 bridgehead atoms. The predicted molar refractivity (Wildman–Crippen MR) is 132 cm³/mol. The van der Waals surface area contributed by atoms with Gasteiger partial charge >= 0.3 is 0 Å². The molecule has 11 heteroatoms. The molecule has 0 saturated carbocycles. The molecule has 0 fully saturated rings. The van der Waals surface area contributed by atoms with Crippen LogP contribution in [0.4, 0.5) is 0 Å². The van der Waals surface area contributed by atoms with Crippen molar-refractivity contribution in [2.24, 2.45) is 0 Å². The number of carbonyl (C=O) groups excluding carboxylic acids is 4. The third-order valence-corrected chi connectivity index (χ3v) is 4.37. The number of amides is 4. The van der Waals surface area contributed by atoms with Crippen LogP contribution >= 0.6 is 0 Å². The van der Waals surface area contributed by atoms with E-state index in [4.69, 9.17) is 14.2 Å². The second-order valence-corrected chi connectivity index (χ2v) is 7.32. The minimum Gasteiger partial charge on any atom is -0.379 e. The molecule has 0 aromatic carbocycles. The number of nitrogens with one attached hydrogen (secondary N) is 4. The largest absolute Gasteiger partial charge is 0.379 e. The fraction of sp³-hybridized carbons (Fsp3) is 0.500. The van der Waals surface area contributed by atoms with Crippen molar-refractivity contribution < 1.29 is 33.4 Å². The molecule has 0 spiro atoms. The highest BCUT2D eigenvalue weighted by Gasteiger charge is 2.33. The zero-order valence-electron chi connectivity index (χ0n) is 20.3. The van der Waals surface area contributed by atoms with Gasteiger partial charge in [-0.25, -0.2) is 0 Å². The lowest BCUT2D eigenvalue weighted by Gasteiger charge is -2.34. The van der Waals surface area contributed by atoms with E-state index in [0.29, 0.717) is 26.0 Å². The number of rotatable bonds is 22. The van der Waals surface area contributed by atoms with Gasteiger partial charge in [0.1, 0.15) is 5.54 Å². The Balaban J connectivity index is 4.93. The molecular formula is C24H38N4O7. The first-order valence-electron chi connectivity index (χ1n) is 11.2. The smallest absolute Gasteiger partial charge is 0.244 e. The summed E-state index contributed by atoms with van der Waals surface area (Å²) < 4.78 is 17.2. The maximum Gasteiger partial charge on any atom is 0.244 e. The van der Waals surface area contributed by atoms with Crippen LogP contribution in [0.3, 0.4) is 0 Å². The molecule has 0 heterocycles. The van der Waals surface area contributed by atoms with Gasteiger partial charge in [0.25, 0.3) is 0 Å². The Labute approximate surface area is 207 Å². The average molecular weight is 495 g/mol. The number of unbranched alkanes of at least 4 members (excludes halogenated alkanes) is 1. The molecule has 0 rings (SSSR count). The van der Waals surface area contributed by atoms with E-state index in [0.717, 1.165) is 18.2 Å². The van der Waals surface area contributed by atoms with Gasteiger partial charge in [0.15, 0.2) is 0 Å². The summed E-state index contributed by atoms with van der Waals surface area (Å²) in [6.45, 7) is 15.5. The summed E-state index contributed by atoms with van der Waals surface area (Å²) in [7, 11) is 0. The number of hydrogen-bond donors (Lipinski definition) is 4. The summed E-state index contributed by atoms with van der Waals surface area (Å²) in [5.74, 6) is -1.32. The molecule has 0 atom stereocenters. The Bertz CT molecular complexity index is 695. The molecule has 0 radical (unpaired) electrons. The second kappa shape index (κ2) is 20.1. The van der Waals surface area contributed by atoms with E-state index < -0.39 is 11.4 Å². The van der Waals surface area contributed by atoms with Crippen molar-refractivity contribution in [2.45, 2.75) is 18.4 Å².